The van der Waals surface area contributed by atoms with Gasteiger partial charge in [-0.15, -0.1) is 0 Å². The standard InChI is InChI=1S/C25H38N3O2S/c1-21-24(14-18-29)31-20-28(21)17-6-4-2-3-5-9-19-30-23-12-10-22(11-13-23)25(26)27-15-7-8-16-27/h10-13,20,26,29H,2-9,14-19H2,1H3/q+1. The molecular weight excluding hydrogens is 406 g/mol. The van der Waals surface area contributed by atoms with Gasteiger partial charge in [-0.25, -0.2) is 0 Å². The van der Waals surface area contributed by atoms with Gasteiger partial charge in [-0.05, 0) is 49.9 Å². The molecule has 0 radical (unpaired) electrons. The number of unbranched alkanes of at least 4 members (excludes halogenated alkanes) is 5. The number of aliphatic hydroxyl groups is 1. The summed E-state index contributed by atoms with van der Waals surface area (Å²) in [5, 5.41) is 17.4. The van der Waals surface area contributed by atoms with Gasteiger partial charge in [0.1, 0.15) is 18.1 Å². The van der Waals surface area contributed by atoms with Crippen molar-refractivity contribution in [2.45, 2.75) is 71.3 Å². The highest BCUT2D eigenvalue weighted by molar-refractivity contribution is 7.09. The number of thiazole rings is 1. The Morgan fingerprint density at radius 1 is 1.06 bits per heavy atom. The zero-order valence-corrected chi connectivity index (χ0v) is 19.8. The van der Waals surface area contributed by atoms with E-state index in [0.29, 0.717) is 5.84 Å². The Bertz CT molecular complexity index is 798. The van der Waals surface area contributed by atoms with Gasteiger partial charge in [0.25, 0.3) is 0 Å². The highest BCUT2D eigenvalue weighted by Crippen LogP contribution is 2.17. The zero-order valence-electron chi connectivity index (χ0n) is 18.9. The van der Waals surface area contributed by atoms with Crippen molar-refractivity contribution in [3.05, 3.63) is 45.9 Å². The molecule has 0 aliphatic carbocycles. The quantitative estimate of drug-likeness (QED) is 0.203. The molecule has 170 valence electrons. The summed E-state index contributed by atoms with van der Waals surface area (Å²) in [6.45, 7) is 6.26. The van der Waals surface area contributed by atoms with E-state index < -0.39 is 0 Å². The van der Waals surface area contributed by atoms with Crippen molar-refractivity contribution in [1.29, 1.82) is 5.41 Å². The van der Waals surface area contributed by atoms with Crippen LogP contribution in [0.25, 0.3) is 0 Å². The Morgan fingerprint density at radius 3 is 2.45 bits per heavy atom. The third kappa shape index (κ3) is 7.32. The second-order valence-electron chi connectivity index (χ2n) is 8.44. The third-order valence-electron chi connectivity index (χ3n) is 6.11. The highest BCUT2D eigenvalue weighted by atomic mass is 32.1. The number of nitrogens with one attached hydrogen (secondary N) is 1. The van der Waals surface area contributed by atoms with Crippen LogP contribution in [0.1, 0.15) is 67.5 Å². The van der Waals surface area contributed by atoms with Crippen LogP contribution in [0.5, 0.6) is 5.75 Å². The summed E-state index contributed by atoms with van der Waals surface area (Å²) < 4.78 is 8.22. The Kier molecular flexibility index (Phi) is 9.82. The van der Waals surface area contributed by atoms with Gasteiger partial charge in [-0.3, -0.25) is 5.41 Å². The molecule has 0 bridgehead atoms. The fourth-order valence-electron chi connectivity index (χ4n) is 4.13. The van der Waals surface area contributed by atoms with Gasteiger partial charge in [0.2, 0.25) is 5.51 Å². The molecule has 1 aromatic heterocycles. The molecule has 6 heteroatoms. The molecule has 1 saturated heterocycles. The van der Waals surface area contributed by atoms with E-state index in [1.54, 1.807) is 11.3 Å². The minimum Gasteiger partial charge on any atom is -0.494 e. The van der Waals surface area contributed by atoms with Gasteiger partial charge in [-0.2, -0.15) is 4.57 Å². The summed E-state index contributed by atoms with van der Waals surface area (Å²) in [6, 6.07) is 8.01. The molecule has 1 aliphatic rings. The lowest BCUT2D eigenvalue weighted by atomic mass is 10.1. The molecule has 3 rings (SSSR count). The van der Waals surface area contributed by atoms with Crippen LogP contribution < -0.4 is 9.30 Å². The van der Waals surface area contributed by atoms with E-state index in [2.05, 4.69) is 21.9 Å². The maximum atomic E-state index is 9.10. The van der Waals surface area contributed by atoms with Gasteiger partial charge >= 0.3 is 0 Å². The third-order valence-corrected chi connectivity index (χ3v) is 7.25. The van der Waals surface area contributed by atoms with Gasteiger partial charge in [0, 0.05) is 45.0 Å². The monoisotopic (exact) mass is 444 g/mol. The number of benzene rings is 1. The van der Waals surface area contributed by atoms with E-state index in [9.17, 15) is 0 Å². The van der Waals surface area contributed by atoms with Crippen molar-refractivity contribution in [1.82, 2.24) is 4.90 Å². The molecule has 2 aromatic rings. The number of aliphatic hydroxyl groups excluding tert-OH is 1. The molecule has 1 aromatic carbocycles. The summed E-state index contributed by atoms with van der Waals surface area (Å²) in [6.07, 6.45) is 10.5. The lowest BCUT2D eigenvalue weighted by molar-refractivity contribution is -0.698. The van der Waals surface area contributed by atoms with Crippen LogP contribution in [-0.2, 0) is 13.0 Å². The minimum atomic E-state index is 0.236. The van der Waals surface area contributed by atoms with E-state index in [4.69, 9.17) is 15.3 Å². The highest BCUT2D eigenvalue weighted by Gasteiger charge is 2.16. The predicted molar refractivity (Wildman–Crippen MR) is 127 cm³/mol. The number of likely N-dealkylation sites (tertiary alicyclic amines) is 1. The Morgan fingerprint density at radius 2 is 1.74 bits per heavy atom. The molecule has 2 heterocycles. The molecule has 0 atom stereocenters. The lowest BCUT2D eigenvalue weighted by Gasteiger charge is -2.18. The predicted octanol–water partition coefficient (Wildman–Crippen LogP) is 4.72. The first-order valence-electron chi connectivity index (χ1n) is 11.8. The van der Waals surface area contributed by atoms with E-state index in [1.807, 2.05) is 24.3 Å². The summed E-state index contributed by atoms with van der Waals surface area (Å²) in [4.78, 5) is 3.46. The first kappa shape index (κ1) is 23.7. The van der Waals surface area contributed by atoms with Crippen LogP contribution in [-0.4, -0.2) is 42.1 Å². The molecule has 1 aliphatic heterocycles. The van der Waals surface area contributed by atoms with Crippen LogP contribution in [0.15, 0.2) is 29.8 Å². The number of hydrogen-bond donors (Lipinski definition) is 2. The number of hydrogen-bond acceptors (Lipinski definition) is 4. The molecule has 5 nitrogen and oxygen atoms in total. The van der Waals surface area contributed by atoms with E-state index in [1.165, 1.54) is 55.5 Å². The van der Waals surface area contributed by atoms with Crippen molar-refractivity contribution in [2.24, 2.45) is 0 Å². The van der Waals surface area contributed by atoms with Crippen LogP contribution >= 0.6 is 11.3 Å². The van der Waals surface area contributed by atoms with Crippen LogP contribution in [0, 0.1) is 12.3 Å². The first-order valence-corrected chi connectivity index (χ1v) is 12.7. The van der Waals surface area contributed by atoms with Gasteiger partial charge < -0.3 is 14.7 Å². The Hall–Kier alpha value is -1.92. The fourth-order valence-corrected chi connectivity index (χ4v) is 5.14. The second kappa shape index (κ2) is 12.8. The first-order chi connectivity index (χ1) is 15.2. The topological polar surface area (TPSA) is 60.4 Å². The SMILES string of the molecule is Cc1c(CCO)sc[n+]1CCCCCCCCOc1ccc(C(=N)N2CCCC2)cc1. The smallest absolute Gasteiger partial charge is 0.225 e. The van der Waals surface area contributed by atoms with Crippen LogP contribution in [0.2, 0.25) is 0 Å². The molecule has 0 amide bonds. The Labute approximate surface area is 191 Å². The number of ether oxygens (including phenoxy) is 1. The molecule has 0 spiro atoms. The lowest BCUT2D eigenvalue weighted by Crippen LogP contribution is -2.34. The molecule has 31 heavy (non-hydrogen) atoms. The van der Waals surface area contributed by atoms with Crippen LogP contribution in [0.4, 0.5) is 0 Å². The maximum absolute atomic E-state index is 9.10. The molecule has 1 fully saturated rings. The summed E-state index contributed by atoms with van der Waals surface area (Å²) in [5.74, 6) is 1.55. The molecule has 0 unspecified atom stereocenters. The van der Waals surface area contributed by atoms with Crippen LogP contribution in [0.3, 0.4) is 0 Å². The number of aromatic nitrogens is 1. The minimum absolute atomic E-state index is 0.236. The van der Waals surface area contributed by atoms with Gasteiger partial charge in [0.05, 0.1) is 11.5 Å². The summed E-state index contributed by atoms with van der Waals surface area (Å²) in [7, 11) is 0. The van der Waals surface area contributed by atoms with Crippen molar-refractivity contribution in [2.75, 3.05) is 26.3 Å². The maximum Gasteiger partial charge on any atom is 0.225 e. The average Bonchev–Trinajstić information content (AvgIpc) is 3.44. The molecule has 0 saturated carbocycles. The second-order valence-corrected chi connectivity index (χ2v) is 9.38. The van der Waals surface area contributed by atoms with Crippen molar-refractivity contribution in [3.63, 3.8) is 0 Å². The largest absolute Gasteiger partial charge is 0.494 e. The van der Waals surface area contributed by atoms with E-state index in [0.717, 1.165) is 50.4 Å². The summed E-state index contributed by atoms with van der Waals surface area (Å²) >= 11 is 1.76. The average molecular weight is 445 g/mol. The zero-order chi connectivity index (χ0) is 21.9. The van der Waals surface area contributed by atoms with Gasteiger partial charge in [0.15, 0.2) is 5.69 Å². The molecule has 2 N–H and O–H groups in total. The van der Waals surface area contributed by atoms with Crippen molar-refractivity contribution >= 4 is 17.2 Å². The number of rotatable bonds is 13. The molecular formula is C25H38N3O2S+. The Balaban J connectivity index is 1.22. The number of aryl methyl sites for hydroxylation is 1. The fraction of sp³-hybridized carbons (Fsp3) is 0.600. The summed E-state index contributed by atoms with van der Waals surface area (Å²) in [5.41, 5.74) is 4.49. The number of nitrogens with zero attached hydrogens (tertiary/aromatic N) is 2. The van der Waals surface area contributed by atoms with Crippen molar-refractivity contribution < 1.29 is 14.4 Å². The normalized spacial score (nSPS) is 13.7. The number of amidine groups is 1. The van der Waals surface area contributed by atoms with E-state index >= 15 is 0 Å². The van der Waals surface area contributed by atoms with Crippen molar-refractivity contribution in [3.8, 4) is 5.75 Å². The van der Waals surface area contributed by atoms with Gasteiger partial charge in [-0.1, -0.05) is 30.6 Å². The van der Waals surface area contributed by atoms with E-state index in [-0.39, 0.29) is 6.61 Å².